The summed E-state index contributed by atoms with van der Waals surface area (Å²) in [7, 11) is 0. The van der Waals surface area contributed by atoms with Crippen LogP contribution >= 0.6 is 23.5 Å². The zero-order valence-electron chi connectivity index (χ0n) is 13.1. The molecule has 5 N–H and O–H groups in total. The summed E-state index contributed by atoms with van der Waals surface area (Å²) >= 11 is 2.41. The summed E-state index contributed by atoms with van der Waals surface area (Å²) in [5.41, 5.74) is 5.34. The highest BCUT2D eigenvalue weighted by Crippen LogP contribution is 2.50. The molecule has 4 atom stereocenters. The van der Waals surface area contributed by atoms with Crippen LogP contribution in [0, 0.1) is 0 Å². The number of amides is 2. The van der Waals surface area contributed by atoms with Crippen LogP contribution in [-0.2, 0) is 19.2 Å². The molecule has 2 aliphatic rings. The van der Waals surface area contributed by atoms with E-state index in [1.54, 1.807) is 13.8 Å². The van der Waals surface area contributed by atoms with Crippen LogP contribution in [0.5, 0.6) is 0 Å². The molecule has 2 heterocycles. The number of nitrogens with one attached hydrogen (secondary N) is 1. The Kier molecular flexibility index (Phi) is 5.35. The fourth-order valence-electron chi connectivity index (χ4n) is 2.71. The van der Waals surface area contributed by atoms with Gasteiger partial charge in [0.05, 0.1) is 5.75 Å². The number of thioether (sulfide) groups is 2. The number of aliphatic carboxylic acids is 2. The lowest BCUT2D eigenvalue weighted by Crippen LogP contribution is -2.70. The van der Waals surface area contributed by atoms with Crippen molar-refractivity contribution in [3.63, 3.8) is 0 Å². The first kappa shape index (κ1) is 18.9. The highest BCUT2D eigenvalue weighted by molar-refractivity contribution is 8.01. The quantitative estimate of drug-likeness (QED) is 0.400. The highest BCUT2D eigenvalue weighted by atomic mass is 32.2. The van der Waals surface area contributed by atoms with Crippen molar-refractivity contribution in [3.8, 4) is 0 Å². The van der Waals surface area contributed by atoms with E-state index < -0.39 is 52.0 Å². The lowest BCUT2D eigenvalue weighted by Gasteiger charge is -2.43. The third kappa shape index (κ3) is 3.47. The second-order valence-corrected chi connectivity index (χ2v) is 8.90. The maximum Gasteiger partial charge on any atom is 0.327 e. The Labute approximate surface area is 146 Å². The molecule has 24 heavy (non-hydrogen) atoms. The van der Waals surface area contributed by atoms with Crippen LogP contribution in [-0.4, -0.2) is 78.6 Å². The number of hydrogen-bond acceptors (Lipinski definition) is 7. The third-order valence-electron chi connectivity index (χ3n) is 3.84. The van der Waals surface area contributed by atoms with Gasteiger partial charge in [-0.25, -0.2) is 4.79 Å². The number of β-lactam (4-membered cyclic amide) rings is 1. The summed E-state index contributed by atoms with van der Waals surface area (Å²) in [6, 6.07) is -2.72. The molecule has 0 bridgehead atoms. The van der Waals surface area contributed by atoms with Crippen molar-refractivity contribution >= 4 is 47.3 Å². The van der Waals surface area contributed by atoms with Gasteiger partial charge in [0, 0.05) is 10.5 Å². The van der Waals surface area contributed by atoms with E-state index in [1.807, 2.05) is 0 Å². The van der Waals surface area contributed by atoms with E-state index in [4.69, 9.17) is 10.8 Å². The minimum absolute atomic E-state index is 0.0199. The van der Waals surface area contributed by atoms with E-state index >= 15 is 0 Å². The van der Waals surface area contributed by atoms with Crippen LogP contribution in [0.2, 0.25) is 0 Å². The summed E-state index contributed by atoms with van der Waals surface area (Å²) in [5.74, 6) is -2.96. The topological polar surface area (TPSA) is 150 Å². The average Bonchev–Trinajstić information content (AvgIpc) is 2.73. The van der Waals surface area contributed by atoms with E-state index in [2.05, 4.69) is 5.32 Å². The van der Waals surface area contributed by atoms with Gasteiger partial charge in [-0.2, -0.15) is 0 Å². The van der Waals surface area contributed by atoms with Crippen molar-refractivity contribution < 1.29 is 29.4 Å². The maximum absolute atomic E-state index is 12.2. The van der Waals surface area contributed by atoms with Gasteiger partial charge in [-0.3, -0.25) is 14.4 Å². The second kappa shape index (κ2) is 6.81. The second-order valence-electron chi connectivity index (χ2n) is 6.10. The van der Waals surface area contributed by atoms with Crippen molar-refractivity contribution in [3.05, 3.63) is 0 Å². The fourth-order valence-corrected chi connectivity index (χ4v) is 5.12. The molecule has 0 spiro atoms. The molecule has 0 radical (unpaired) electrons. The molecule has 134 valence electrons. The normalized spacial score (nSPS) is 28.7. The Bertz CT molecular complexity index is 584. The molecule has 2 aliphatic heterocycles. The molecule has 0 aliphatic carbocycles. The Morgan fingerprint density at radius 1 is 1.42 bits per heavy atom. The summed E-state index contributed by atoms with van der Waals surface area (Å²) < 4.78 is -0.644. The van der Waals surface area contributed by atoms with Gasteiger partial charge < -0.3 is 26.2 Å². The number of nitrogens with two attached hydrogens (primary N) is 1. The lowest BCUT2D eigenvalue weighted by molar-refractivity contribution is -0.160. The van der Waals surface area contributed by atoms with Crippen LogP contribution in [0.15, 0.2) is 0 Å². The highest BCUT2D eigenvalue weighted by Gasteiger charge is 2.64. The van der Waals surface area contributed by atoms with Gasteiger partial charge >= 0.3 is 11.9 Å². The summed E-state index contributed by atoms with van der Waals surface area (Å²) in [5, 5.41) is 20.2. The Morgan fingerprint density at radius 2 is 2.04 bits per heavy atom. The van der Waals surface area contributed by atoms with Crippen LogP contribution in [0.25, 0.3) is 0 Å². The monoisotopic (exact) mass is 377 g/mol. The average molecular weight is 377 g/mol. The van der Waals surface area contributed by atoms with E-state index in [1.165, 1.54) is 16.7 Å². The van der Waals surface area contributed by atoms with Gasteiger partial charge in [0.25, 0.3) is 0 Å². The third-order valence-corrected chi connectivity index (χ3v) is 6.47. The zero-order chi connectivity index (χ0) is 18.2. The standard InChI is InChI=1S/C13H19N3O6S2/c1-13(2)8(12(21)22)16-9(18)7(10(16)24-13)15-6(17)4-23-3-5(14)11(19)20/h5,7-8,10H,3-4,14H2,1-2H3,(H,15,17)(H,19,20)(H,21,22)/t5?,7-,8+,10?/m1/s1. The number of carbonyl (C=O) groups is 4. The Balaban J connectivity index is 1.87. The lowest BCUT2D eigenvalue weighted by atomic mass is 9.96. The molecule has 0 aromatic carbocycles. The fraction of sp³-hybridized carbons (Fsp3) is 0.692. The first-order valence-corrected chi connectivity index (χ1v) is 9.18. The smallest absolute Gasteiger partial charge is 0.327 e. The van der Waals surface area contributed by atoms with E-state index in [9.17, 15) is 24.3 Å². The first-order valence-electron chi connectivity index (χ1n) is 7.14. The van der Waals surface area contributed by atoms with Gasteiger partial charge in [0.2, 0.25) is 11.8 Å². The molecular formula is C13H19N3O6S2. The number of carbonyl (C=O) groups excluding carboxylic acids is 2. The molecule has 0 aromatic rings. The van der Waals surface area contributed by atoms with Gasteiger partial charge in [-0.1, -0.05) is 0 Å². The molecule has 2 amide bonds. The number of nitrogens with zero attached hydrogens (tertiary/aromatic N) is 1. The molecule has 2 unspecified atom stereocenters. The molecule has 2 saturated heterocycles. The van der Waals surface area contributed by atoms with Crippen LogP contribution < -0.4 is 11.1 Å². The molecule has 0 aromatic heterocycles. The minimum Gasteiger partial charge on any atom is -0.480 e. The van der Waals surface area contributed by atoms with Crippen LogP contribution in [0.4, 0.5) is 0 Å². The molecule has 9 nitrogen and oxygen atoms in total. The van der Waals surface area contributed by atoms with Crippen molar-refractivity contribution in [2.45, 2.75) is 42.1 Å². The van der Waals surface area contributed by atoms with Crippen molar-refractivity contribution in [1.82, 2.24) is 10.2 Å². The number of hydrogen-bond donors (Lipinski definition) is 4. The van der Waals surface area contributed by atoms with Crippen molar-refractivity contribution in [1.29, 1.82) is 0 Å². The largest absolute Gasteiger partial charge is 0.480 e. The van der Waals surface area contributed by atoms with Gasteiger partial charge in [-0.15, -0.1) is 23.5 Å². The summed E-state index contributed by atoms with van der Waals surface area (Å²) in [6.07, 6.45) is 0. The first-order chi connectivity index (χ1) is 11.1. The summed E-state index contributed by atoms with van der Waals surface area (Å²) in [4.78, 5) is 47.3. The van der Waals surface area contributed by atoms with Gasteiger partial charge in [0.15, 0.2) is 0 Å². The zero-order valence-corrected chi connectivity index (χ0v) is 14.7. The number of carboxylic acid groups (broad SMARTS) is 2. The molecular weight excluding hydrogens is 358 g/mol. The van der Waals surface area contributed by atoms with E-state index in [0.29, 0.717) is 0 Å². The number of carboxylic acids is 2. The predicted octanol–water partition coefficient (Wildman–Crippen LogP) is -1.24. The number of rotatable bonds is 7. The summed E-state index contributed by atoms with van der Waals surface area (Å²) in [6.45, 7) is 3.51. The van der Waals surface area contributed by atoms with Crippen LogP contribution in [0.1, 0.15) is 13.8 Å². The Morgan fingerprint density at radius 3 is 2.58 bits per heavy atom. The molecule has 2 fully saturated rings. The van der Waals surface area contributed by atoms with Gasteiger partial charge in [-0.05, 0) is 13.8 Å². The predicted molar refractivity (Wildman–Crippen MR) is 88.6 cm³/mol. The molecule has 2 rings (SSSR count). The molecule has 0 saturated carbocycles. The minimum atomic E-state index is -1.14. The number of fused-ring (bicyclic) bond motifs is 1. The Hall–Kier alpha value is -1.46. The SMILES string of the molecule is CC1(C)SC2[C@H](NC(=O)CSCC(N)C(=O)O)C(=O)N2[C@H]1C(=O)O. The van der Waals surface area contributed by atoms with Crippen LogP contribution in [0.3, 0.4) is 0 Å². The van der Waals surface area contributed by atoms with Gasteiger partial charge in [0.1, 0.15) is 23.5 Å². The van der Waals surface area contributed by atoms with E-state index in [-0.39, 0.29) is 11.5 Å². The van der Waals surface area contributed by atoms with Crippen molar-refractivity contribution in [2.75, 3.05) is 11.5 Å². The maximum atomic E-state index is 12.2. The van der Waals surface area contributed by atoms with E-state index in [0.717, 1.165) is 11.8 Å². The molecule has 11 heteroatoms. The van der Waals surface area contributed by atoms with Crippen molar-refractivity contribution in [2.24, 2.45) is 5.73 Å².